The van der Waals surface area contributed by atoms with Gasteiger partial charge in [-0.3, -0.25) is 0 Å². The zero-order valence-electron chi connectivity index (χ0n) is 29.5. The molecule has 0 N–H and O–H groups in total. The predicted molar refractivity (Wildman–Crippen MR) is 219 cm³/mol. The van der Waals surface area contributed by atoms with Gasteiger partial charge in [0, 0.05) is 40.6 Å². The Morgan fingerprint density at radius 1 is 0.712 bits per heavy atom. The maximum atomic E-state index is 6.27. The lowest BCUT2D eigenvalue weighted by atomic mass is 9.82. The molecule has 5 aliphatic carbocycles. The third-order valence-corrected chi connectivity index (χ3v) is 11.9. The number of fused-ring (bicyclic) bond motifs is 6. The Bertz CT molecular complexity index is 2470. The molecule has 0 spiro atoms. The quantitative estimate of drug-likeness (QED) is 0.178. The van der Waals surface area contributed by atoms with Crippen LogP contribution in [0.5, 0.6) is 0 Å². The third-order valence-electron chi connectivity index (χ3n) is 11.9. The third kappa shape index (κ3) is 5.58. The molecular weight excluding hydrogens is 631 g/mol. The van der Waals surface area contributed by atoms with Crippen molar-refractivity contribution >= 4 is 45.2 Å². The SMILES string of the molecule is C1=CCC(c2ccccc2N(C2=CC=C(c3ccc4c(ccc5oc6c(c54)C=CCC6)c3)CC2)C2C=CC(C3C=Cc4ccccc4C3)=CC2)C=C1. The van der Waals surface area contributed by atoms with Crippen LogP contribution in [0.15, 0.2) is 161 Å². The normalized spacial score (nSPS) is 21.8. The minimum Gasteiger partial charge on any atom is -0.460 e. The fourth-order valence-corrected chi connectivity index (χ4v) is 9.15. The number of rotatable bonds is 6. The highest BCUT2D eigenvalue weighted by Crippen LogP contribution is 2.42. The number of furan rings is 1. The molecule has 0 saturated heterocycles. The molecular formula is C50H43NO. The van der Waals surface area contributed by atoms with Crippen LogP contribution < -0.4 is 4.90 Å². The summed E-state index contributed by atoms with van der Waals surface area (Å²) < 4.78 is 6.27. The molecule has 10 rings (SSSR count). The van der Waals surface area contributed by atoms with Gasteiger partial charge in [-0.2, -0.15) is 0 Å². The molecule has 0 fully saturated rings. The maximum absolute atomic E-state index is 6.27. The number of benzene rings is 4. The average Bonchev–Trinajstić information content (AvgIpc) is 3.61. The Balaban J connectivity index is 0.981. The molecule has 1 aromatic heterocycles. The molecule has 2 nitrogen and oxygen atoms in total. The van der Waals surface area contributed by atoms with Crippen molar-refractivity contribution in [2.24, 2.45) is 5.92 Å². The van der Waals surface area contributed by atoms with Gasteiger partial charge in [0.1, 0.15) is 11.3 Å². The van der Waals surface area contributed by atoms with Gasteiger partial charge in [0.25, 0.3) is 0 Å². The fourth-order valence-electron chi connectivity index (χ4n) is 9.15. The maximum Gasteiger partial charge on any atom is 0.135 e. The van der Waals surface area contributed by atoms with Crippen LogP contribution in [0.25, 0.3) is 39.5 Å². The molecule has 0 amide bonds. The molecule has 4 aromatic carbocycles. The van der Waals surface area contributed by atoms with Crippen LogP contribution in [0.3, 0.4) is 0 Å². The largest absolute Gasteiger partial charge is 0.460 e. The second-order valence-corrected chi connectivity index (χ2v) is 14.9. The monoisotopic (exact) mass is 673 g/mol. The van der Waals surface area contributed by atoms with Crippen LogP contribution in [0.1, 0.15) is 71.6 Å². The number of allylic oxidation sites excluding steroid dienone is 12. The van der Waals surface area contributed by atoms with Crippen molar-refractivity contribution < 1.29 is 4.42 Å². The number of hydrogen-bond acceptors (Lipinski definition) is 2. The Kier molecular flexibility index (Phi) is 7.90. The number of anilines is 1. The molecule has 52 heavy (non-hydrogen) atoms. The zero-order chi connectivity index (χ0) is 34.4. The molecule has 0 saturated carbocycles. The van der Waals surface area contributed by atoms with Crippen molar-refractivity contribution in [1.29, 1.82) is 0 Å². The van der Waals surface area contributed by atoms with E-state index < -0.39 is 0 Å². The topological polar surface area (TPSA) is 16.4 Å². The summed E-state index contributed by atoms with van der Waals surface area (Å²) >= 11 is 0. The van der Waals surface area contributed by atoms with E-state index in [2.05, 4.69) is 163 Å². The molecule has 0 radical (unpaired) electrons. The van der Waals surface area contributed by atoms with E-state index >= 15 is 0 Å². The molecule has 254 valence electrons. The van der Waals surface area contributed by atoms with Gasteiger partial charge in [0.05, 0.1) is 6.04 Å². The molecule has 1 heterocycles. The number of para-hydroxylation sites is 1. The van der Waals surface area contributed by atoms with Crippen molar-refractivity contribution in [3.05, 3.63) is 191 Å². The molecule has 2 heteroatoms. The van der Waals surface area contributed by atoms with E-state index in [1.807, 2.05) is 0 Å². The molecule has 3 unspecified atom stereocenters. The lowest BCUT2D eigenvalue weighted by Crippen LogP contribution is -2.35. The first kappa shape index (κ1) is 31.2. The van der Waals surface area contributed by atoms with Crippen molar-refractivity contribution in [1.82, 2.24) is 0 Å². The number of nitrogens with zero attached hydrogens (tertiary/aromatic N) is 1. The van der Waals surface area contributed by atoms with Gasteiger partial charge in [0.2, 0.25) is 0 Å². The van der Waals surface area contributed by atoms with Crippen molar-refractivity contribution in [3.63, 3.8) is 0 Å². The minimum absolute atomic E-state index is 0.257. The van der Waals surface area contributed by atoms with E-state index in [9.17, 15) is 0 Å². The first-order valence-corrected chi connectivity index (χ1v) is 19.2. The van der Waals surface area contributed by atoms with E-state index in [0.717, 1.165) is 56.3 Å². The highest BCUT2D eigenvalue weighted by atomic mass is 16.3. The van der Waals surface area contributed by atoms with Gasteiger partial charge < -0.3 is 9.32 Å². The second-order valence-electron chi connectivity index (χ2n) is 14.9. The molecule has 0 bridgehead atoms. The summed E-state index contributed by atoms with van der Waals surface area (Å²) in [5.41, 5.74) is 13.4. The summed E-state index contributed by atoms with van der Waals surface area (Å²) in [7, 11) is 0. The molecule has 3 atom stereocenters. The van der Waals surface area contributed by atoms with Crippen LogP contribution in [-0.4, -0.2) is 6.04 Å². The van der Waals surface area contributed by atoms with Crippen LogP contribution >= 0.6 is 0 Å². The van der Waals surface area contributed by atoms with Crippen LogP contribution in [0, 0.1) is 5.92 Å². The average molecular weight is 674 g/mol. The molecule has 5 aromatic rings. The predicted octanol–water partition coefficient (Wildman–Crippen LogP) is 12.9. The Labute approximate surface area is 306 Å². The first-order chi connectivity index (χ1) is 25.8. The summed E-state index contributed by atoms with van der Waals surface area (Å²) in [5.74, 6) is 1.94. The van der Waals surface area contributed by atoms with Gasteiger partial charge in [0.15, 0.2) is 0 Å². The minimum atomic E-state index is 0.257. The standard InChI is InChI=1S/C50H43NO/c1-2-11-37(12-3-1)44-14-6-8-16-47(44)51(42-26-20-35(21-27-42)39-19-18-34-10-4-5-13-38(34)32-39)43-28-22-36(23-29-43)40-24-30-45-41(33-40)25-31-49-50(45)46-15-7-9-17-48(46)52-49/h1-8,10-11,13-16,18-22,24-26,28,30-31,33,37,39,42H,9,12,17,23,27,29,32H2. The van der Waals surface area contributed by atoms with Crippen molar-refractivity contribution in [2.75, 3.05) is 4.90 Å². The molecule has 0 aliphatic heterocycles. The Morgan fingerprint density at radius 3 is 2.54 bits per heavy atom. The number of hydrogen-bond donors (Lipinski definition) is 0. The summed E-state index contributed by atoms with van der Waals surface area (Å²) in [6, 6.07) is 29.6. The van der Waals surface area contributed by atoms with E-state index in [0.29, 0.717) is 11.8 Å². The van der Waals surface area contributed by atoms with Gasteiger partial charge in [-0.05, 0) is 107 Å². The van der Waals surface area contributed by atoms with E-state index in [1.165, 1.54) is 66.5 Å². The summed E-state index contributed by atoms with van der Waals surface area (Å²) in [4.78, 5) is 2.66. The summed E-state index contributed by atoms with van der Waals surface area (Å²) in [6.45, 7) is 0. The lowest BCUT2D eigenvalue weighted by Gasteiger charge is -2.38. The van der Waals surface area contributed by atoms with Crippen molar-refractivity contribution in [3.8, 4) is 0 Å². The lowest BCUT2D eigenvalue weighted by molar-refractivity contribution is 0.546. The van der Waals surface area contributed by atoms with Crippen LogP contribution in [0.4, 0.5) is 5.69 Å². The summed E-state index contributed by atoms with van der Waals surface area (Å²) in [5, 5.41) is 3.82. The zero-order valence-corrected chi connectivity index (χ0v) is 29.5. The van der Waals surface area contributed by atoms with Gasteiger partial charge in [-0.25, -0.2) is 0 Å². The highest BCUT2D eigenvalue weighted by Gasteiger charge is 2.28. The first-order valence-electron chi connectivity index (χ1n) is 19.2. The Hall–Kier alpha value is -5.60. The fraction of sp³-hybridized carbons (Fsp3) is 0.200. The molecule has 5 aliphatic rings. The Morgan fingerprint density at radius 2 is 1.65 bits per heavy atom. The smallest absolute Gasteiger partial charge is 0.135 e. The van der Waals surface area contributed by atoms with Crippen LogP contribution in [-0.2, 0) is 12.8 Å². The van der Waals surface area contributed by atoms with Crippen molar-refractivity contribution in [2.45, 2.75) is 56.9 Å². The van der Waals surface area contributed by atoms with E-state index in [1.54, 1.807) is 0 Å². The number of aryl methyl sites for hydroxylation is 1. The van der Waals surface area contributed by atoms with Gasteiger partial charge >= 0.3 is 0 Å². The van der Waals surface area contributed by atoms with E-state index in [4.69, 9.17) is 4.42 Å². The summed E-state index contributed by atoms with van der Waals surface area (Å²) in [6.07, 6.45) is 37.7. The van der Waals surface area contributed by atoms with E-state index in [-0.39, 0.29) is 6.04 Å². The van der Waals surface area contributed by atoms with Gasteiger partial charge in [-0.1, -0.05) is 134 Å². The van der Waals surface area contributed by atoms with Gasteiger partial charge in [-0.15, -0.1) is 0 Å². The van der Waals surface area contributed by atoms with Crippen LogP contribution in [0.2, 0.25) is 0 Å². The second kappa shape index (κ2) is 13.2. The highest BCUT2D eigenvalue weighted by molar-refractivity contribution is 6.10.